The minimum Gasteiger partial charge on any atom is -0.359 e. The third-order valence-corrected chi connectivity index (χ3v) is 3.37. The van der Waals surface area contributed by atoms with E-state index in [4.69, 9.17) is 0 Å². The van der Waals surface area contributed by atoms with Crippen molar-refractivity contribution in [3.05, 3.63) is 71.8 Å². The lowest BCUT2D eigenvalue weighted by Crippen LogP contribution is -2.17. The number of carbonyl (C=O) groups is 2. The molecule has 2 rings (SSSR count). The van der Waals surface area contributed by atoms with Crippen LogP contribution in [0.4, 0.5) is 5.69 Å². The van der Waals surface area contributed by atoms with Crippen molar-refractivity contribution in [1.82, 2.24) is 5.32 Å². The number of nitrogens with one attached hydrogen (secondary N) is 2. The monoisotopic (exact) mass is 308 g/mol. The Morgan fingerprint density at radius 2 is 1.70 bits per heavy atom. The second-order valence-corrected chi connectivity index (χ2v) is 5.10. The van der Waals surface area contributed by atoms with Crippen molar-refractivity contribution < 1.29 is 9.59 Å². The Hall–Kier alpha value is -2.88. The molecule has 0 saturated carbocycles. The summed E-state index contributed by atoms with van der Waals surface area (Å²) in [6, 6.07) is 17.2. The van der Waals surface area contributed by atoms with Crippen LogP contribution in [0.5, 0.6) is 0 Å². The third kappa shape index (κ3) is 5.79. The van der Waals surface area contributed by atoms with Gasteiger partial charge in [-0.1, -0.05) is 42.5 Å². The smallest absolute Gasteiger partial charge is 0.248 e. The van der Waals surface area contributed by atoms with E-state index in [-0.39, 0.29) is 11.8 Å². The van der Waals surface area contributed by atoms with E-state index in [0.29, 0.717) is 12.8 Å². The quantitative estimate of drug-likeness (QED) is 0.806. The fourth-order valence-electron chi connectivity index (χ4n) is 2.06. The minimum absolute atomic E-state index is 0.0217. The molecule has 0 aliphatic rings. The summed E-state index contributed by atoms with van der Waals surface area (Å²) in [5.74, 6) is -0.152. The minimum atomic E-state index is -0.174. The van der Waals surface area contributed by atoms with Crippen LogP contribution in [0.3, 0.4) is 0 Å². The van der Waals surface area contributed by atoms with Crippen LogP contribution in [0.2, 0.25) is 0 Å². The Labute approximate surface area is 136 Å². The SMILES string of the molecule is CNC(=O)CCc1ccc(NC(=O)/C=C/c2ccccc2)cc1. The summed E-state index contributed by atoms with van der Waals surface area (Å²) in [4.78, 5) is 23.1. The van der Waals surface area contributed by atoms with Gasteiger partial charge in [-0.15, -0.1) is 0 Å². The van der Waals surface area contributed by atoms with Crippen molar-refractivity contribution in [2.24, 2.45) is 0 Å². The molecule has 4 nitrogen and oxygen atoms in total. The number of hydrogen-bond acceptors (Lipinski definition) is 2. The van der Waals surface area contributed by atoms with E-state index < -0.39 is 0 Å². The summed E-state index contributed by atoms with van der Waals surface area (Å²) in [6.45, 7) is 0. The molecule has 0 saturated heterocycles. The Balaban J connectivity index is 1.86. The number of anilines is 1. The molecule has 2 N–H and O–H groups in total. The normalized spacial score (nSPS) is 10.5. The van der Waals surface area contributed by atoms with Crippen LogP contribution in [0.25, 0.3) is 6.08 Å². The first kappa shape index (κ1) is 16.5. The van der Waals surface area contributed by atoms with Gasteiger partial charge in [0.2, 0.25) is 11.8 Å². The molecule has 4 heteroatoms. The van der Waals surface area contributed by atoms with Crippen molar-refractivity contribution >= 4 is 23.6 Å². The highest BCUT2D eigenvalue weighted by molar-refractivity contribution is 6.01. The molecule has 0 radical (unpaired) electrons. The van der Waals surface area contributed by atoms with E-state index in [1.54, 1.807) is 13.1 Å². The van der Waals surface area contributed by atoms with Gasteiger partial charge in [0, 0.05) is 25.2 Å². The van der Waals surface area contributed by atoms with Crippen LogP contribution >= 0.6 is 0 Å². The average molecular weight is 308 g/mol. The van der Waals surface area contributed by atoms with Crippen molar-refractivity contribution in [3.63, 3.8) is 0 Å². The number of hydrogen-bond donors (Lipinski definition) is 2. The number of benzene rings is 2. The van der Waals surface area contributed by atoms with Gasteiger partial charge in [0.05, 0.1) is 0 Å². The largest absolute Gasteiger partial charge is 0.359 e. The summed E-state index contributed by atoms with van der Waals surface area (Å²) in [6.07, 6.45) is 4.42. The molecule has 0 fully saturated rings. The van der Waals surface area contributed by atoms with E-state index in [1.807, 2.05) is 54.6 Å². The summed E-state index contributed by atoms with van der Waals surface area (Å²) in [5, 5.41) is 5.41. The zero-order valence-electron chi connectivity index (χ0n) is 13.1. The fraction of sp³-hybridized carbons (Fsp3) is 0.158. The van der Waals surface area contributed by atoms with Gasteiger partial charge in [0.25, 0.3) is 0 Å². The first-order chi connectivity index (χ1) is 11.2. The van der Waals surface area contributed by atoms with E-state index in [0.717, 1.165) is 16.8 Å². The van der Waals surface area contributed by atoms with E-state index in [2.05, 4.69) is 10.6 Å². The Morgan fingerprint density at radius 1 is 1.00 bits per heavy atom. The van der Waals surface area contributed by atoms with E-state index >= 15 is 0 Å². The summed E-state index contributed by atoms with van der Waals surface area (Å²) < 4.78 is 0. The maximum Gasteiger partial charge on any atom is 0.248 e. The van der Waals surface area contributed by atoms with Crippen molar-refractivity contribution in [1.29, 1.82) is 0 Å². The summed E-state index contributed by atoms with van der Waals surface area (Å²) in [7, 11) is 1.63. The Bertz CT molecular complexity index is 676. The zero-order valence-corrected chi connectivity index (χ0v) is 13.1. The topological polar surface area (TPSA) is 58.2 Å². The van der Waals surface area contributed by atoms with Gasteiger partial charge in [-0.3, -0.25) is 9.59 Å². The summed E-state index contributed by atoms with van der Waals surface area (Å²) >= 11 is 0. The van der Waals surface area contributed by atoms with E-state index in [9.17, 15) is 9.59 Å². The lowest BCUT2D eigenvalue weighted by molar-refractivity contribution is -0.120. The van der Waals surface area contributed by atoms with Crippen LogP contribution in [0.1, 0.15) is 17.5 Å². The molecule has 0 atom stereocenters. The lowest BCUT2D eigenvalue weighted by atomic mass is 10.1. The van der Waals surface area contributed by atoms with Gasteiger partial charge in [-0.05, 0) is 35.8 Å². The zero-order chi connectivity index (χ0) is 16.5. The number of carbonyl (C=O) groups excluding carboxylic acids is 2. The predicted molar refractivity (Wildman–Crippen MR) is 92.9 cm³/mol. The molecule has 0 aromatic heterocycles. The van der Waals surface area contributed by atoms with Gasteiger partial charge >= 0.3 is 0 Å². The van der Waals surface area contributed by atoms with Crippen LogP contribution in [0, 0.1) is 0 Å². The third-order valence-electron chi connectivity index (χ3n) is 3.37. The molecule has 118 valence electrons. The summed E-state index contributed by atoms with van der Waals surface area (Å²) in [5.41, 5.74) is 2.77. The second kappa shape index (κ2) is 8.54. The maximum absolute atomic E-state index is 11.9. The second-order valence-electron chi connectivity index (χ2n) is 5.10. The van der Waals surface area contributed by atoms with Gasteiger partial charge in [-0.25, -0.2) is 0 Å². The highest BCUT2D eigenvalue weighted by atomic mass is 16.2. The fourth-order valence-corrected chi connectivity index (χ4v) is 2.06. The lowest BCUT2D eigenvalue weighted by Gasteiger charge is -2.05. The van der Waals surface area contributed by atoms with Crippen molar-refractivity contribution in [3.8, 4) is 0 Å². The van der Waals surface area contributed by atoms with E-state index in [1.165, 1.54) is 6.08 Å². The van der Waals surface area contributed by atoms with Gasteiger partial charge in [0.1, 0.15) is 0 Å². The predicted octanol–water partition coefficient (Wildman–Crippen LogP) is 3.02. The molecule has 2 aromatic carbocycles. The average Bonchev–Trinajstić information content (AvgIpc) is 2.60. The van der Waals surface area contributed by atoms with Crippen LogP contribution in [-0.4, -0.2) is 18.9 Å². The molecular weight excluding hydrogens is 288 g/mol. The number of amides is 2. The number of aryl methyl sites for hydroxylation is 1. The molecule has 0 unspecified atom stereocenters. The Kier molecular flexibility index (Phi) is 6.12. The van der Waals surface area contributed by atoms with Crippen molar-refractivity contribution in [2.75, 3.05) is 12.4 Å². The molecule has 0 heterocycles. The van der Waals surface area contributed by atoms with Gasteiger partial charge in [-0.2, -0.15) is 0 Å². The van der Waals surface area contributed by atoms with Gasteiger partial charge in [0.15, 0.2) is 0 Å². The molecule has 0 aliphatic heterocycles. The first-order valence-electron chi connectivity index (χ1n) is 7.51. The molecule has 2 aromatic rings. The Morgan fingerprint density at radius 3 is 2.35 bits per heavy atom. The molecule has 0 spiro atoms. The maximum atomic E-state index is 11.9. The molecule has 0 aliphatic carbocycles. The molecular formula is C19H20N2O2. The van der Waals surface area contributed by atoms with Crippen LogP contribution in [-0.2, 0) is 16.0 Å². The van der Waals surface area contributed by atoms with Crippen LogP contribution < -0.4 is 10.6 Å². The number of rotatable bonds is 6. The van der Waals surface area contributed by atoms with Gasteiger partial charge < -0.3 is 10.6 Å². The molecule has 0 bridgehead atoms. The van der Waals surface area contributed by atoms with Crippen LogP contribution in [0.15, 0.2) is 60.7 Å². The highest BCUT2D eigenvalue weighted by Gasteiger charge is 2.01. The first-order valence-corrected chi connectivity index (χ1v) is 7.51. The standard InChI is InChI=1S/C19H20N2O2/c1-20-18(22)13-9-16-7-11-17(12-8-16)21-19(23)14-10-15-5-3-2-4-6-15/h2-8,10-12,14H,9,13H2,1H3,(H,20,22)(H,21,23)/b14-10+. The molecule has 23 heavy (non-hydrogen) atoms. The van der Waals surface area contributed by atoms with Crippen molar-refractivity contribution in [2.45, 2.75) is 12.8 Å². The highest BCUT2D eigenvalue weighted by Crippen LogP contribution is 2.11. The molecule has 2 amide bonds.